The van der Waals surface area contributed by atoms with Crippen LogP contribution in [0.1, 0.15) is 25.5 Å². The van der Waals surface area contributed by atoms with Crippen LogP contribution in [0, 0.1) is 0 Å². The molecule has 1 heterocycles. The molecule has 5 nitrogen and oxygen atoms in total. The lowest BCUT2D eigenvalue weighted by Gasteiger charge is -2.40. The summed E-state index contributed by atoms with van der Waals surface area (Å²) in [6.45, 7) is 5.35. The van der Waals surface area contributed by atoms with Crippen LogP contribution in [0.5, 0.6) is 5.75 Å². The number of hydrogen-bond donors (Lipinski definition) is 2. The lowest BCUT2D eigenvalue weighted by atomic mass is 10.0. The number of benzene rings is 1. The number of nitrogens with zero attached hydrogens (tertiary/aromatic N) is 1. The summed E-state index contributed by atoms with van der Waals surface area (Å²) < 4.78 is 11.0. The van der Waals surface area contributed by atoms with Gasteiger partial charge in [-0.3, -0.25) is 0 Å². The molecule has 1 aromatic carbocycles. The first kappa shape index (κ1) is 15.1. The minimum absolute atomic E-state index is 0.0285. The topological polar surface area (TPSA) is 68.0 Å². The van der Waals surface area contributed by atoms with Crippen LogP contribution in [0.2, 0.25) is 0 Å². The Bertz CT molecular complexity index is 451. The van der Waals surface area contributed by atoms with E-state index in [0.717, 1.165) is 17.0 Å². The van der Waals surface area contributed by atoms with Gasteiger partial charge < -0.3 is 25.2 Å². The molecule has 0 amide bonds. The van der Waals surface area contributed by atoms with E-state index in [2.05, 4.69) is 17.9 Å². The maximum Gasteiger partial charge on any atom is 0.125 e. The molecule has 3 unspecified atom stereocenters. The average molecular weight is 280 g/mol. The van der Waals surface area contributed by atoms with Gasteiger partial charge in [0.25, 0.3) is 0 Å². The molecular formula is C15H24N2O3. The van der Waals surface area contributed by atoms with Crippen LogP contribution < -0.4 is 15.4 Å². The monoisotopic (exact) mass is 280 g/mol. The highest BCUT2D eigenvalue weighted by molar-refractivity contribution is 5.61. The Morgan fingerprint density at radius 3 is 2.90 bits per heavy atom. The fraction of sp³-hybridized carbons (Fsp3) is 0.600. The Morgan fingerprint density at radius 1 is 1.55 bits per heavy atom. The van der Waals surface area contributed by atoms with E-state index in [9.17, 15) is 5.11 Å². The van der Waals surface area contributed by atoms with Crippen LogP contribution in [0.4, 0.5) is 5.69 Å². The van der Waals surface area contributed by atoms with E-state index < -0.39 is 0 Å². The van der Waals surface area contributed by atoms with Crippen molar-refractivity contribution >= 4 is 5.69 Å². The summed E-state index contributed by atoms with van der Waals surface area (Å²) in [6, 6.07) is 6.07. The second-order valence-electron chi connectivity index (χ2n) is 5.32. The van der Waals surface area contributed by atoms with E-state index in [0.29, 0.717) is 13.2 Å². The maximum absolute atomic E-state index is 9.32. The number of aliphatic hydroxyl groups is 1. The summed E-state index contributed by atoms with van der Waals surface area (Å²) in [7, 11) is 1.66. The van der Waals surface area contributed by atoms with Gasteiger partial charge >= 0.3 is 0 Å². The van der Waals surface area contributed by atoms with Crippen molar-refractivity contribution in [1.29, 1.82) is 0 Å². The Labute approximate surface area is 120 Å². The zero-order chi connectivity index (χ0) is 14.7. The van der Waals surface area contributed by atoms with Crippen LogP contribution in [-0.2, 0) is 4.74 Å². The lowest BCUT2D eigenvalue weighted by molar-refractivity contribution is -0.0104. The van der Waals surface area contributed by atoms with E-state index in [4.69, 9.17) is 15.2 Å². The molecule has 1 aliphatic rings. The minimum Gasteiger partial charge on any atom is -0.496 e. The number of morpholine rings is 1. The van der Waals surface area contributed by atoms with Gasteiger partial charge in [-0.2, -0.15) is 0 Å². The predicted molar refractivity (Wildman–Crippen MR) is 79.2 cm³/mol. The van der Waals surface area contributed by atoms with Gasteiger partial charge in [0.2, 0.25) is 0 Å². The first-order valence-electron chi connectivity index (χ1n) is 7.00. The molecule has 0 spiro atoms. The van der Waals surface area contributed by atoms with Crippen LogP contribution in [-0.4, -0.2) is 44.1 Å². The number of nitrogens with two attached hydrogens (primary N) is 1. The molecule has 0 aromatic heterocycles. The summed E-state index contributed by atoms with van der Waals surface area (Å²) in [6.07, 6.45) is -0.154. The summed E-state index contributed by atoms with van der Waals surface area (Å²) in [5.41, 5.74) is 8.19. The van der Waals surface area contributed by atoms with E-state index in [1.165, 1.54) is 0 Å². The summed E-state index contributed by atoms with van der Waals surface area (Å²) in [5.74, 6) is 0.803. The third kappa shape index (κ3) is 2.90. The zero-order valence-electron chi connectivity index (χ0n) is 12.4. The molecule has 1 aliphatic heterocycles. The van der Waals surface area contributed by atoms with Gasteiger partial charge in [0, 0.05) is 29.9 Å². The molecule has 1 aromatic rings. The van der Waals surface area contributed by atoms with Gasteiger partial charge in [0.05, 0.1) is 26.4 Å². The normalized spacial score (nSPS) is 24.6. The van der Waals surface area contributed by atoms with Crippen LogP contribution in [0.25, 0.3) is 0 Å². The van der Waals surface area contributed by atoms with Gasteiger partial charge in [-0.1, -0.05) is 6.07 Å². The highest BCUT2D eigenvalue weighted by Crippen LogP contribution is 2.35. The van der Waals surface area contributed by atoms with Gasteiger partial charge in [-0.15, -0.1) is 0 Å². The van der Waals surface area contributed by atoms with Gasteiger partial charge in [-0.25, -0.2) is 0 Å². The number of rotatable bonds is 4. The molecule has 1 saturated heterocycles. The fourth-order valence-electron chi connectivity index (χ4n) is 2.68. The zero-order valence-corrected chi connectivity index (χ0v) is 12.4. The average Bonchev–Trinajstić information content (AvgIpc) is 2.46. The predicted octanol–water partition coefficient (Wildman–Crippen LogP) is 1.30. The maximum atomic E-state index is 9.32. The largest absolute Gasteiger partial charge is 0.496 e. The molecule has 3 N–H and O–H groups in total. The van der Waals surface area contributed by atoms with E-state index >= 15 is 0 Å². The third-order valence-electron chi connectivity index (χ3n) is 3.74. The number of aliphatic hydroxyl groups excluding tert-OH is 1. The number of ether oxygens (including phenoxy) is 2. The van der Waals surface area contributed by atoms with Crippen molar-refractivity contribution < 1.29 is 14.6 Å². The van der Waals surface area contributed by atoms with Crippen LogP contribution >= 0.6 is 0 Å². The Hall–Kier alpha value is -1.30. The number of anilines is 1. The van der Waals surface area contributed by atoms with Crippen molar-refractivity contribution in [3.05, 3.63) is 23.8 Å². The molecule has 3 atom stereocenters. The van der Waals surface area contributed by atoms with Gasteiger partial charge in [0.1, 0.15) is 5.75 Å². The third-order valence-corrected chi connectivity index (χ3v) is 3.74. The molecule has 0 radical (unpaired) electrons. The number of methoxy groups -OCH3 is 1. The van der Waals surface area contributed by atoms with Gasteiger partial charge in [0.15, 0.2) is 0 Å². The van der Waals surface area contributed by atoms with E-state index in [1.54, 1.807) is 7.11 Å². The molecule has 112 valence electrons. The van der Waals surface area contributed by atoms with Crippen molar-refractivity contribution in [3.8, 4) is 5.75 Å². The second kappa shape index (κ2) is 6.43. The summed E-state index contributed by atoms with van der Waals surface area (Å²) in [5, 5.41) is 9.32. The Morgan fingerprint density at radius 2 is 2.30 bits per heavy atom. The first-order valence-corrected chi connectivity index (χ1v) is 7.00. The highest BCUT2D eigenvalue weighted by atomic mass is 16.5. The first-order chi connectivity index (χ1) is 9.58. The highest BCUT2D eigenvalue weighted by Gasteiger charge is 2.28. The van der Waals surface area contributed by atoms with Crippen molar-refractivity contribution in [3.63, 3.8) is 0 Å². The van der Waals surface area contributed by atoms with Gasteiger partial charge in [-0.05, 0) is 26.0 Å². The molecule has 1 fully saturated rings. The molecule has 0 saturated carbocycles. The molecule has 5 heteroatoms. The molecule has 2 rings (SSSR count). The summed E-state index contributed by atoms with van der Waals surface area (Å²) in [4.78, 5) is 2.24. The molecular weight excluding hydrogens is 256 g/mol. The SMILES string of the molecule is COc1cccc(N2CC(CO)OCC2C)c1C(C)N. The standard InChI is InChI=1S/C15H24N2O3/c1-10-9-20-12(8-18)7-17(10)13-5-4-6-14(19-3)15(13)11(2)16/h4-6,10-12,18H,7-9,16H2,1-3H3. The smallest absolute Gasteiger partial charge is 0.125 e. The van der Waals surface area contributed by atoms with Crippen molar-refractivity contribution in [2.24, 2.45) is 5.73 Å². The second-order valence-corrected chi connectivity index (χ2v) is 5.32. The lowest BCUT2D eigenvalue weighted by Crippen LogP contribution is -2.50. The number of hydrogen-bond acceptors (Lipinski definition) is 5. The molecule has 0 bridgehead atoms. The van der Waals surface area contributed by atoms with Crippen LogP contribution in [0.15, 0.2) is 18.2 Å². The minimum atomic E-state index is -0.154. The Balaban J connectivity index is 2.40. The molecule has 0 aliphatic carbocycles. The fourth-order valence-corrected chi connectivity index (χ4v) is 2.68. The Kier molecular flexibility index (Phi) is 4.86. The van der Waals surface area contributed by atoms with Crippen LogP contribution in [0.3, 0.4) is 0 Å². The van der Waals surface area contributed by atoms with Crippen molar-refractivity contribution in [2.45, 2.75) is 32.0 Å². The van der Waals surface area contributed by atoms with E-state index in [-0.39, 0.29) is 24.8 Å². The van der Waals surface area contributed by atoms with E-state index in [1.807, 2.05) is 19.1 Å². The quantitative estimate of drug-likeness (QED) is 0.870. The molecule has 20 heavy (non-hydrogen) atoms. The van der Waals surface area contributed by atoms with Crippen molar-refractivity contribution in [2.75, 3.05) is 31.8 Å². The van der Waals surface area contributed by atoms with Crippen molar-refractivity contribution in [1.82, 2.24) is 0 Å². The summed E-state index contributed by atoms with van der Waals surface area (Å²) >= 11 is 0.